The van der Waals surface area contributed by atoms with Gasteiger partial charge < -0.3 is 13.7 Å². The number of halogens is 3. The fraction of sp³-hybridized carbons (Fsp3) is 0.185. The molecule has 0 bridgehead atoms. The van der Waals surface area contributed by atoms with E-state index in [4.69, 9.17) is 9.15 Å². The monoisotopic (exact) mass is 569 g/mol. The van der Waals surface area contributed by atoms with E-state index in [0.717, 1.165) is 12.5 Å². The lowest BCUT2D eigenvalue weighted by molar-refractivity contribution is -0.141. The third-order valence-corrected chi connectivity index (χ3v) is 7.19. The number of hydrogen-bond donors (Lipinski definition) is 0. The lowest BCUT2D eigenvalue weighted by Gasteiger charge is -2.14. The Balaban J connectivity index is 1.76. The highest BCUT2D eigenvalue weighted by atomic mass is 32.2. The maximum Gasteiger partial charge on any atom is 0.434 e. The number of methoxy groups -OCH3 is 1. The Kier molecular flexibility index (Phi) is 6.70. The highest BCUT2D eigenvalue weighted by Gasteiger charge is 2.35. The molecule has 0 radical (unpaired) electrons. The molecule has 0 atom stereocenters. The van der Waals surface area contributed by atoms with Gasteiger partial charge in [-0.3, -0.25) is 0 Å². The van der Waals surface area contributed by atoms with Crippen molar-refractivity contribution in [3.63, 3.8) is 0 Å². The van der Waals surface area contributed by atoms with Crippen molar-refractivity contribution in [2.75, 3.05) is 13.4 Å². The van der Waals surface area contributed by atoms with Gasteiger partial charge in [-0.1, -0.05) is 18.2 Å². The van der Waals surface area contributed by atoms with Crippen LogP contribution in [0.5, 0.6) is 5.88 Å². The maximum absolute atomic E-state index is 13.5. The topological polar surface area (TPSA) is 113 Å². The fourth-order valence-electron chi connectivity index (χ4n) is 4.20. The van der Waals surface area contributed by atoms with Crippen molar-refractivity contribution in [2.24, 2.45) is 0 Å². The Bertz CT molecular complexity index is 1830. The zero-order valence-electron chi connectivity index (χ0n) is 21.7. The minimum atomic E-state index is -4.64. The van der Waals surface area contributed by atoms with Gasteiger partial charge in [0.15, 0.2) is 27.2 Å². The number of ether oxygens (including phenoxy) is 1. The molecule has 5 aromatic rings. The smallest absolute Gasteiger partial charge is 0.434 e. The summed E-state index contributed by atoms with van der Waals surface area (Å²) in [6, 6.07) is 11.4. The van der Waals surface area contributed by atoms with Crippen LogP contribution in [0.4, 0.5) is 13.2 Å². The molecule has 0 aliphatic carbocycles. The molecule has 5 rings (SSSR count). The molecule has 2 aromatic carbocycles. The van der Waals surface area contributed by atoms with E-state index in [9.17, 15) is 21.6 Å². The van der Waals surface area contributed by atoms with Crippen LogP contribution in [0.1, 0.15) is 17.4 Å². The van der Waals surface area contributed by atoms with Crippen molar-refractivity contribution in [3.8, 4) is 45.4 Å². The number of hydrogen-bond acceptors (Lipinski definition) is 8. The summed E-state index contributed by atoms with van der Waals surface area (Å²) in [6.45, 7) is 3.10. The van der Waals surface area contributed by atoms with E-state index in [1.165, 1.54) is 43.1 Å². The molecule has 0 unspecified atom stereocenters. The number of aromatic nitrogens is 5. The van der Waals surface area contributed by atoms with Crippen molar-refractivity contribution in [1.29, 1.82) is 0 Å². The summed E-state index contributed by atoms with van der Waals surface area (Å²) < 4.78 is 77.2. The quantitative estimate of drug-likeness (QED) is 0.256. The van der Waals surface area contributed by atoms with E-state index in [1.807, 2.05) is 0 Å². The first kappa shape index (κ1) is 27.1. The molecule has 0 N–H and O–H groups in total. The van der Waals surface area contributed by atoms with Crippen molar-refractivity contribution in [1.82, 2.24) is 24.5 Å². The lowest BCUT2D eigenvalue weighted by Crippen LogP contribution is -2.05. The molecule has 3 heterocycles. The number of aryl methyl sites for hydroxylation is 2. The summed E-state index contributed by atoms with van der Waals surface area (Å²) in [7, 11) is -2.03. The Hall–Kier alpha value is -4.52. The van der Waals surface area contributed by atoms with Gasteiger partial charge in [-0.25, -0.2) is 28.4 Å². The van der Waals surface area contributed by atoms with Crippen LogP contribution in [0.25, 0.3) is 39.5 Å². The minimum absolute atomic E-state index is 0.103. The van der Waals surface area contributed by atoms with Gasteiger partial charge in [-0.15, -0.1) is 0 Å². The van der Waals surface area contributed by atoms with Crippen LogP contribution in [0.3, 0.4) is 0 Å². The van der Waals surface area contributed by atoms with Crippen molar-refractivity contribution < 1.29 is 30.7 Å². The number of imidazole rings is 1. The van der Waals surface area contributed by atoms with E-state index < -0.39 is 21.7 Å². The first-order chi connectivity index (χ1) is 18.8. The van der Waals surface area contributed by atoms with Crippen LogP contribution in [-0.4, -0.2) is 46.3 Å². The number of benzene rings is 2. The van der Waals surface area contributed by atoms with Gasteiger partial charge in [-0.2, -0.15) is 13.2 Å². The van der Waals surface area contributed by atoms with Crippen molar-refractivity contribution in [2.45, 2.75) is 24.9 Å². The molecular weight excluding hydrogens is 547 g/mol. The second-order valence-electron chi connectivity index (χ2n) is 8.93. The summed E-state index contributed by atoms with van der Waals surface area (Å²) >= 11 is 0. The number of alkyl halides is 3. The first-order valence-electron chi connectivity index (χ1n) is 11.8. The molecular formula is C27H22F3N5O4S. The maximum atomic E-state index is 13.5. The zero-order chi connectivity index (χ0) is 28.8. The Labute approximate surface area is 227 Å². The molecule has 0 amide bonds. The highest BCUT2D eigenvalue weighted by Crippen LogP contribution is 2.39. The van der Waals surface area contributed by atoms with Gasteiger partial charge >= 0.3 is 6.18 Å². The van der Waals surface area contributed by atoms with Crippen molar-refractivity contribution >= 4 is 9.84 Å². The van der Waals surface area contributed by atoms with E-state index in [1.54, 1.807) is 37.3 Å². The summed E-state index contributed by atoms with van der Waals surface area (Å²) in [5.74, 6) is 0.913. The molecule has 9 nitrogen and oxygen atoms in total. The predicted octanol–water partition coefficient (Wildman–Crippen LogP) is 5.70. The third-order valence-electron chi connectivity index (χ3n) is 6.08. The van der Waals surface area contributed by atoms with Gasteiger partial charge in [0.1, 0.15) is 17.2 Å². The molecule has 0 saturated heterocycles. The molecule has 3 aromatic heterocycles. The molecule has 40 heavy (non-hydrogen) atoms. The highest BCUT2D eigenvalue weighted by molar-refractivity contribution is 7.90. The standard InChI is InChI=1S/C27H22F3N5O4S/c1-15-33-23(27(28,29)30)14-35(15)22-9-8-18(17-6-5-7-19(10-17)40(4,36)37)11-20(22)25-26(39-16(2)34-25)21-12-32-24(38-3)13-31-21/h5-14H,1-4H3. The molecule has 0 aliphatic heterocycles. The van der Waals surface area contributed by atoms with Crippen LogP contribution in [-0.2, 0) is 16.0 Å². The first-order valence-corrected chi connectivity index (χ1v) is 13.7. The van der Waals surface area contributed by atoms with Crippen LogP contribution in [0.2, 0.25) is 0 Å². The summed E-state index contributed by atoms with van der Waals surface area (Å²) in [5.41, 5.74) is 1.52. The lowest BCUT2D eigenvalue weighted by atomic mass is 9.99. The van der Waals surface area contributed by atoms with E-state index in [0.29, 0.717) is 33.8 Å². The summed E-state index contributed by atoms with van der Waals surface area (Å²) in [5, 5.41) is 0. The fourth-order valence-corrected chi connectivity index (χ4v) is 4.86. The van der Waals surface area contributed by atoms with Crippen LogP contribution >= 0.6 is 0 Å². The average molecular weight is 570 g/mol. The van der Waals surface area contributed by atoms with Crippen LogP contribution in [0.15, 0.2) is 70.4 Å². The Morgan fingerprint density at radius 2 is 1.73 bits per heavy atom. The number of nitrogens with zero attached hydrogens (tertiary/aromatic N) is 5. The second-order valence-corrected chi connectivity index (χ2v) is 10.9. The van der Waals surface area contributed by atoms with E-state index in [-0.39, 0.29) is 28.3 Å². The van der Waals surface area contributed by atoms with Crippen LogP contribution in [0, 0.1) is 13.8 Å². The molecule has 206 valence electrons. The van der Waals surface area contributed by atoms with Gasteiger partial charge in [0, 0.05) is 24.9 Å². The summed E-state index contributed by atoms with van der Waals surface area (Å²) in [6.07, 6.45) is 0.224. The number of sulfone groups is 1. The Morgan fingerprint density at radius 1 is 0.975 bits per heavy atom. The Morgan fingerprint density at radius 3 is 2.35 bits per heavy atom. The van der Waals surface area contributed by atoms with Gasteiger partial charge in [0.2, 0.25) is 5.88 Å². The number of oxazole rings is 1. The predicted molar refractivity (Wildman–Crippen MR) is 140 cm³/mol. The van der Waals surface area contributed by atoms with Crippen LogP contribution < -0.4 is 4.74 Å². The normalized spacial score (nSPS) is 12.1. The SMILES string of the molecule is COc1cnc(-c2oc(C)nc2-c2cc(-c3cccc(S(C)(=O)=O)c3)ccc2-n2cc(C(F)(F)F)nc2C)cn1. The van der Waals surface area contributed by atoms with E-state index >= 15 is 0 Å². The largest absolute Gasteiger partial charge is 0.480 e. The van der Waals surface area contributed by atoms with Gasteiger partial charge in [0.25, 0.3) is 0 Å². The third kappa shape index (κ3) is 5.19. The number of rotatable bonds is 6. The molecule has 0 spiro atoms. The average Bonchev–Trinajstić information content (AvgIpc) is 3.50. The molecule has 0 fully saturated rings. The van der Waals surface area contributed by atoms with Gasteiger partial charge in [-0.05, 0) is 42.3 Å². The van der Waals surface area contributed by atoms with Gasteiger partial charge in [0.05, 0.1) is 30.1 Å². The molecule has 0 saturated carbocycles. The summed E-state index contributed by atoms with van der Waals surface area (Å²) in [4.78, 5) is 16.9. The minimum Gasteiger partial charge on any atom is -0.480 e. The molecule has 0 aliphatic rings. The van der Waals surface area contributed by atoms with Crippen molar-refractivity contribution in [3.05, 3.63) is 78.5 Å². The molecule has 13 heteroatoms. The zero-order valence-corrected chi connectivity index (χ0v) is 22.5. The second kappa shape index (κ2) is 9.90. The van der Waals surface area contributed by atoms with E-state index in [2.05, 4.69) is 19.9 Å².